The highest BCUT2D eigenvalue weighted by Crippen LogP contribution is 2.17. The fourth-order valence-corrected chi connectivity index (χ4v) is 2.46. The molecule has 0 aromatic heterocycles. The number of methoxy groups -OCH3 is 1. The van der Waals surface area contributed by atoms with Crippen LogP contribution in [0, 0.1) is 0 Å². The summed E-state index contributed by atoms with van der Waals surface area (Å²) in [6.45, 7) is 0.0970. The van der Waals surface area contributed by atoms with E-state index >= 15 is 0 Å². The number of amides is 1. The molecule has 26 heavy (non-hydrogen) atoms. The number of ether oxygens (including phenoxy) is 2. The van der Waals surface area contributed by atoms with Crippen LogP contribution >= 0.6 is 11.6 Å². The molecular weight excluding hydrogens is 354 g/mol. The molecular formula is C20H20ClNO4. The summed E-state index contributed by atoms with van der Waals surface area (Å²) in [5.74, 6) is -0.173. The smallest absolute Gasteiger partial charge is 0.331 e. The van der Waals surface area contributed by atoms with Crippen molar-refractivity contribution in [2.24, 2.45) is 0 Å². The Morgan fingerprint density at radius 3 is 2.73 bits per heavy atom. The van der Waals surface area contributed by atoms with Gasteiger partial charge >= 0.3 is 5.97 Å². The monoisotopic (exact) mass is 373 g/mol. The first-order valence-electron chi connectivity index (χ1n) is 8.07. The molecule has 6 heteroatoms. The summed E-state index contributed by atoms with van der Waals surface area (Å²) in [6.07, 6.45) is 3.46. The summed E-state index contributed by atoms with van der Waals surface area (Å²) >= 11 is 5.86. The van der Waals surface area contributed by atoms with E-state index in [1.165, 1.54) is 6.08 Å². The van der Waals surface area contributed by atoms with Crippen molar-refractivity contribution in [1.29, 1.82) is 0 Å². The highest BCUT2D eigenvalue weighted by molar-refractivity contribution is 6.30. The van der Waals surface area contributed by atoms with Gasteiger partial charge in [0, 0.05) is 17.6 Å². The molecule has 2 aromatic rings. The lowest BCUT2D eigenvalue weighted by atomic mass is 10.1. The lowest BCUT2D eigenvalue weighted by Crippen LogP contribution is -2.30. The second-order valence-electron chi connectivity index (χ2n) is 5.41. The number of carbonyl (C=O) groups is 2. The van der Waals surface area contributed by atoms with Gasteiger partial charge in [-0.3, -0.25) is 4.79 Å². The maximum atomic E-state index is 11.7. The Balaban J connectivity index is 1.70. The fourth-order valence-electron chi connectivity index (χ4n) is 2.26. The van der Waals surface area contributed by atoms with Crippen molar-refractivity contribution in [3.05, 3.63) is 70.8 Å². The molecule has 5 nitrogen and oxygen atoms in total. The second-order valence-corrected chi connectivity index (χ2v) is 5.84. The number of esters is 1. The van der Waals surface area contributed by atoms with Crippen LogP contribution in [0.3, 0.4) is 0 Å². The maximum Gasteiger partial charge on any atom is 0.331 e. The Hall–Kier alpha value is -2.79. The van der Waals surface area contributed by atoms with Crippen molar-refractivity contribution in [3.8, 4) is 5.75 Å². The Bertz CT molecular complexity index is 789. The number of rotatable bonds is 8. The molecule has 1 amide bonds. The maximum absolute atomic E-state index is 11.7. The van der Waals surface area contributed by atoms with Crippen molar-refractivity contribution >= 4 is 29.6 Å². The summed E-state index contributed by atoms with van der Waals surface area (Å²) in [5.41, 5.74) is 1.77. The van der Waals surface area contributed by atoms with E-state index in [1.54, 1.807) is 37.5 Å². The molecule has 0 radical (unpaired) electrons. The summed E-state index contributed by atoms with van der Waals surface area (Å²) in [6, 6.07) is 14.6. The molecule has 0 bridgehead atoms. The molecule has 0 heterocycles. The van der Waals surface area contributed by atoms with Crippen molar-refractivity contribution in [2.45, 2.75) is 6.42 Å². The first-order valence-corrected chi connectivity index (χ1v) is 8.45. The predicted octanol–water partition coefficient (Wildman–Crippen LogP) is 3.26. The molecule has 2 rings (SSSR count). The number of nitrogens with one attached hydrogen (secondary N) is 1. The van der Waals surface area contributed by atoms with Gasteiger partial charge in [-0.1, -0.05) is 41.9 Å². The highest BCUT2D eigenvalue weighted by Gasteiger charge is 2.06. The first-order chi connectivity index (χ1) is 12.6. The molecule has 0 spiro atoms. The van der Waals surface area contributed by atoms with E-state index in [4.69, 9.17) is 21.1 Å². The highest BCUT2D eigenvalue weighted by atomic mass is 35.5. The van der Waals surface area contributed by atoms with Crippen LogP contribution in [0.2, 0.25) is 5.02 Å². The molecule has 136 valence electrons. The van der Waals surface area contributed by atoms with Gasteiger partial charge in [-0.05, 0) is 41.8 Å². The minimum atomic E-state index is -0.593. The van der Waals surface area contributed by atoms with E-state index in [9.17, 15) is 9.59 Å². The van der Waals surface area contributed by atoms with Crippen molar-refractivity contribution < 1.29 is 19.1 Å². The fraction of sp³-hybridized carbons (Fsp3) is 0.200. The van der Waals surface area contributed by atoms with E-state index in [2.05, 4.69) is 5.32 Å². The average molecular weight is 374 g/mol. The number of carbonyl (C=O) groups excluding carboxylic acids is 2. The van der Waals surface area contributed by atoms with E-state index < -0.39 is 5.97 Å². The largest absolute Gasteiger partial charge is 0.496 e. The van der Waals surface area contributed by atoms with Gasteiger partial charge in [0.05, 0.1) is 7.11 Å². The normalized spacial score (nSPS) is 10.5. The van der Waals surface area contributed by atoms with Crippen LogP contribution in [0.1, 0.15) is 11.1 Å². The SMILES string of the molecule is COc1ccccc1CCNC(=O)COC(=O)/C=C/c1cccc(Cl)c1. The van der Waals surface area contributed by atoms with E-state index in [-0.39, 0.29) is 12.5 Å². The summed E-state index contributed by atoms with van der Waals surface area (Å²) in [4.78, 5) is 23.4. The Labute approximate surface area is 157 Å². The first kappa shape index (κ1) is 19.5. The van der Waals surface area contributed by atoms with Crippen LogP contribution in [-0.2, 0) is 20.7 Å². The minimum absolute atomic E-state index is 0.329. The molecule has 0 saturated heterocycles. The van der Waals surface area contributed by atoms with Gasteiger partial charge in [0.2, 0.25) is 0 Å². The van der Waals surface area contributed by atoms with Gasteiger partial charge in [0.1, 0.15) is 5.75 Å². The van der Waals surface area contributed by atoms with Crippen LogP contribution in [-0.4, -0.2) is 32.1 Å². The predicted molar refractivity (Wildman–Crippen MR) is 101 cm³/mol. The van der Waals surface area contributed by atoms with Crippen LogP contribution in [0.5, 0.6) is 5.75 Å². The molecule has 0 unspecified atom stereocenters. The molecule has 0 aliphatic carbocycles. The zero-order chi connectivity index (χ0) is 18.8. The van der Waals surface area contributed by atoms with E-state index in [1.807, 2.05) is 24.3 Å². The third kappa shape index (κ3) is 6.61. The average Bonchev–Trinajstić information content (AvgIpc) is 2.65. The van der Waals surface area contributed by atoms with Gasteiger partial charge in [0.25, 0.3) is 5.91 Å². The standard InChI is InChI=1S/C20H20ClNO4/c1-25-18-8-3-2-6-16(18)11-12-22-19(23)14-26-20(24)10-9-15-5-4-7-17(21)13-15/h2-10,13H,11-12,14H2,1H3,(H,22,23)/b10-9+. The number of hydrogen-bond acceptors (Lipinski definition) is 4. The third-order valence-electron chi connectivity index (χ3n) is 3.52. The van der Waals surface area contributed by atoms with Gasteiger partial charge in [-0.15, -0.1) is 0 Å². The number of halogens is 1. The second kappa shape index (κ2) is 10.3. The summed E-state index contributed by atoms with van der Waals surface area (Å²) in [5, 5.41) is 3.28. The summed E-state index contributed by atoms with van der Waals surface area (Å²) < 4.78 is 10.2. The van der Waals surface area contributed by atoms with Gasteiger partial charge in [0.15, 0.2) is 6.61 Å². The van der Waals surface area contributed by atoms with Crippen LogP contribution < -0.4 is 10.1 Å². The van der Waals surface area contributed by atoms with Crippen molar-refractivity contribution in [1.82, 2.24) is 5.32 Å². The zero-order valence-electron chi connectivity index (χ0n) is 14.4. The van der Waals surface area contributed by atoms with Crippen molar-refractivity contribution in [3.63, 3.8) is 0 Å². The van der Waals surface area contributed by atoms with Gasteiger partial charge < -0.3 is 14.8 Å². The van der Waals surface area contributed by atoms with E-state index in [0.717, 1.165) is 16.9 Å². The quantitative estimate of drug-likeness (QED) is 0.569. The Morgan fingerprint density at radius 1 is 1.15 bits per heavy atom. The molecule has 0 aliphatic heterocycles. The van der Waals surface area contributed by atoms with Crippen LogP contribution in [0.25, 0.3) is 6.08 Å². The van der Waals surface area contributed by atoms with Crippen LogP contribution in [0.4, 0.5) is 0 Å². The zero-order valence-corrected chi connectivity index (χ0v) is 15.2. The molecule has 2 aromatic carbocycles. The lowest BCUT2D eigenvalue weighted by molar-refractivity contribution is -0.143. The summed E-state index contributed by atoms with van der Waals surface area (Å²) in [7, 11) is 1.60. The molecule has 0 fully saturated rings. The number of hydrogen-bond donors (Lipinski definition) is 1. The van der Waals surface area contributed by atoms with Crippen molar-refractivity contribution in [2.75, 3.05) is 20.3 Å². The topological polar surface area (TPSA) is 64.6 Å². The Morgan fingerprint density at radius 2 is 1.96 bits per heavy atom. The molecule has 0 saturated carbocycles. The Kier molecular flexibility index (Phi) is 7.71. The van der Waals surface area contributed by atoms with Gasteiger partial charge in [-0.25, -0.2) is 4.79 Å². The third-order valence-corrected chi connectivity index (χ3v) is 3.75. The number of para-hydroxylation sites is 1. The van der Waals surface area contributed by atoms with Gasteiger partial charge in [-0.2, -0.15) is 0 Å². The van der Waals surface area contributed by atoms with E-state index in [0.29, 0.717) is 18.0 Å². The van der Waals surface area contributed by atoms with Crippen LogP contribution in [0.15, 0.2) is 54.6 Å². The molecule has 0 atom stereocenters. The lowest BCUT2D eigenvalue weighted by Gasteiger charge is -2.09. The number of benzene rings is 2. The molecule has 0 aliphatic rings. The minimum Gasteiger partial charge on any atom is -0.496 e. The molecule has 1 N–H and O–H groups in total.